The van der Waals surface area contributed by atoms with Crippen molar-refractivity contribution in [2.45, 2.75) is 37.5 Å². The Bertz CT molecular complexity index is 1360. The number of carbonyl (C=O) groups is 1. The van der Waals surface area contributed by atoms with Gasteiger partial charge in [-0.2, -0.15) is 9.57 Å². The number of rotatable bonds is 7. The molecule has 0 bridgehead atoms. The highest BCUT2D eigenvalue weighted by molar-refractivity contribution is 7.89. The van der Waals surface area contributed by atoms with Crippen molar-refractivity contribution in [2.24, 2.45) is 0 Å². The number of aryl methyl sites for hydroxylation is 1. The molecule has 35 heavy (non-hydrogen) atoms. The summed E-state index contributed by atoms with van der Waals surface area (Å²) < 4.78 is 32.8. The van der Waals surface area contributed by atoms with Crippen molar-refractivity contribution in [3.05, 3.63) is 77.5 Å². The van der Waals surface area contributed by atoms with Crippen molar-refractivity contribution in [2.75, 3.05) is 18.4 Å². The number of benzene rings is 2. The third-order valence-corrected chi connectivity index (χ3v) is 7.73. The molecule has 1 aliphatic heterocycles. The minimum Gasteiger partial charge on any atom is -0.438 e. The highest BCUT2D eigenvalue weighted by Crippen LogP contribution is 2.27. The molecule has 3 aromatic rings. The molecule has 1 saturated heterocycles. The van der Waals surface area contributed by atoms with Gasteiger partial charge in [-0.1, -0.05) is 18.6 Å². The third kappa shape index (κ3) is 5.85. The Hall–Kier alpha value is -3.74. The lowest BCUT2D eigenvalue weighted by atomic mass is 10.1. The van der Waals surface area contributed by atoms with E-state index in [0.717, 1.165) is 30.4 Å². The SMILES string of the molecule is Cc1cc(Oc2ncccc2C#N)ccc1NC(=O)Cc1ccc(S(=O)(=O)N2CCCCC2)cc1. The maximum absolute atomic E-state index is 12.8. The van der Waals surface area contributed by atoms with Crippen LogP contribution in [-0.4, -0.2) is 36.7 Å². The van der Waals surface area contributed by atoms with Crippen molar-refractivity contribution in [1.29, 1.82) is 5.26 Å². The lowest BCUT2D eigenvalue weighted by molar-refractivity contribution is -0.115. The van der Waals surface area contributed by atoms with Gasteiger partial charge in [0.25, 0.3) is 0 Å². The summed E-state index contributed by atoms with van der Waals surface area (Å²) in [6, 6.07) is 17.0. The fourth-order valence-corrected chi connectivity index (χ4v) is 5.44. The van der Waals surface area contributed by atoms with Gasteiger partial charge in [0.2, 0.25) is 21.8 Å². The molecule has 9 heteroatoms. The minimum absolute atomic E-state index is 0.112. The summed E-state index contributed by atoms with van der Waals surface area (Å²) >= 11 is 0. The fourth-order valence-electron chi connectivity index (χ4n) is 3.92. The standard InChI is InChI=1S/C26H26N4O4S/c1-19-16-22(34-26-21(18-27)6-5-13-28-26)9-12-24(19)29-25(31)17-20-7-10-23(11-8-20)35(32,33)30-14-3-2-4-15-30/h5-13,16H,2-4,14-15,17H2,1H3,(H,29,31). The van der Waals surface area contributed by atoms with E-state index in [1.165, 1.54) is 4.31 Å². The second-order valence-electron chi connectivity index (χ2n) is 8.38. The quantitative estimate of drug-likeness (QED) is 0.525. The fraction of sp³-hybridized carbons (Fsp3) is 0.269. The predicted molar refractivity (Wildman–Crippen MR) is 132 cm³/mol. The molecular formula is C26H26N4O4S. The van der Waals surface area contributed by atoms with Crippen LogP contribution < -0.4 is 10.1 Å². The van der Waals surface area contributed by atoms with Crippen LogP contribution in [-0.2, 0) is 21.2 Å². The molecule has 1 amide bonds. The second-order valence-corrected chi connectivity index (χ2v) is 10.3. The van der Waals surface area contributed by atoms with E-state index < -0.39 is 10.0 Å². The number of hydrogen-bond acceptors (Lipinski definition) is 6. The number of carbonyl (C=O) groups excluding carboxylic acids is 1. The Balaban J connectivity index is 1.38. The summed E-state index contributed by atoms with van der Waals surface area (Å²) in [6.07, 6.45) is 4.48. The van der Waals surface area contributed by atoms with Crippen LogP contribution >= 0.6 is 0 Å². The van der Waals surface area contributed by atoms with Gasteiger partial charge in [-0.15, -0.1) is 0 Å². The molecule has 0 spiro atoms. The molecule has 2 heterocycles. The first-order valence-electron chi connectivity index (χ1n) is 11.4. The van der Waals surface area contributed by atoms with Gasteiger partial charge >= 0.3 is 0 Å². The van der Waals surface area contributed by atoms with Gasteiger partial charge in [0, 0.05) is 25.0 Å². The molecule has 0 atom stereocenters. The zero-order valence-corrected chi connectivity index (χ0v) is 20.2. The number of nitrogens with zero attached hydrogens (tertiary/aromatic N) is 3. The Morgan fingerprint density at radius 3 is 2.54 bits per heavy atom. The van der Waals surface area contributed by atoms with Crippen LogP contribution in [0.3, 0.4) is 0 Å². The Labute approximate surface area is 205 Å². The van der Waals surface area contributed by atoms with Crippen molar-refractivity contribution in [1.82, 2.24) is 9.29 Å². The summed E-state index contributed by atoms with van der Waals surface area (Å²) in [4.78, 5) is 16.9. The first-order chi connectivity index (χ1) is 16.9. The van der Waals surface area contributed by atoms with Gasteiger partial charge in [0.05, 0.1) is 11.3 Å². The van der Waals surface area contributed by atoms with Crippen LogP contribution in [0.25, 0.3) is 0 Å². The molecule has 0 radical (unpaired) electrons. The zero-order chi connectivity index (χ0) is 24.8. The first kappa shape index (κ1) is 24.4. The summed E-state index contributed by atoms with van der Waals surface area (Å²) in [5.41, 5.74) is 2.47. The number of nitrogens with one attached hydrogen (secondary N) is 1. The van der Waals surface area contributed by atoms with Gasteiger partial charge < -0.3 is 10.1 Å². The average Bonchev–Trinajstić information content (AvgIpc) is 2.87. The van der Waals surface area contributed by atoms with E-state index in [1.807, 2.05) is 13.0 Å². The molecule has 180 valence electrons. The number of aromatic nitrogens is 1. The predicted octanol–water partition coefficient (Wildman–Crippen LogP) is 4.41. The van der Waals surface area contributed by atoms with E-state index in [-0.39, 0.29) is 23.1 Å². The molecule has 1 fully saturated rings. The van der Waals surface area contributed by atoms with Crippen LogP contribution in [0.1, 0.15) is 36.0 Å². The minimum atomic E-state index is -3.49. The second kappa shape index (κ2) is 10.7. The van der Waals surface area contributed by atoms with E-state index in [4.69, 9.17) is 4.74 Å². The molecule has 1 aromatic heterocycles. The Morgan fingerprint density at radius 1 is 1.11 bits per heavy atom. The number of ether oxygens (including phenoxy) is 1. The largest absolute Gasteiger partial charge is 0.438 e. The van der Waals surface area contributed by atoms with Gasteiger partial charge in [-0.25, -0.2) is 13.4 Å². The molecule has 8 nitrogen and oxygen atoms in total. The number of piperidine rings is 1. The maximum Gasteiger partial charge on any atom is 0.243 e. The molecule has 2 aromatic carbocycles. The van der Waals surface area contributed by atoms with Crippen molar-refractivity contribution in [3.8, 4) is 17.7 Å². The summed E-state index contributed by atoms with van der Waals surface area (Å²) in [7, 11) is -3.49. The van der Waals surface area contributed by atoms with Crippen molar-refractivity contribution < 1.29 is 17.9 Å². The van der Waals surface area contributed by atoms with Gasteiger partial charge in [-0.05, 0) is 73.4 Å². The lowest BCUT2D eigenvalue weighted by Crippen LogP contribution is -2.35. The summed E-state index contributed by atoms with van der Waals surface area (Å²) in [5, 5.41) is 12.1. The number of amides is 1. The molecular weight excluding hydrogens is 464 g/mol. The molecule has 0 aliphatic carbocycles. The van der Waals surface area contributed by atoms with Gasteiger partial charge in [-0.3, -0.25) is 4.79 Å². The van der Waals surface area contributed by atoms with Gasteiger partial charge in [0.1, 0.15) is 17.4 Å². The monoisotopic (exact) mass is 490 g/mol. The number of nitriles is 1. The molecule has 0 unspecified atom stereocenters. The average molecular weight is 491 g/mol. The smallest absolute Gasteiger partial charge is 0.243 e. The van der Waals surface area contributed by atoms with Crippen LogP contribution in [0.4, 0.5) is 5.69 Å². The topological polar surface area (TPSA) is 112 Å². The Morgan fingerprint density at radius 2 is 1.86 bits per heavy atom. The van der Waals surface area contributed by atoms with Crippen molar-refractivity contribution >= 4 is 21.6 Å². The highest BCUT2D eigenvalue weighted by Gasteiger charge is 2.25. The molecule has 4 rings (SSSR count). The van der Waals surface area contributed by atoms with Gasteiger partial charge in [0.15, 0.2) is 0 Å². The van der Waals surface area contributed by atoms with E-state index in [9.17, 15) is 18.5 Å². The van der Waals surface area contributed by atoms with Crippen molar-refractivity contribution in [3.63, 3.8) is 0 Å². The highest BCUT2D eigenvalue weighted by atomic mass is 32.2. The van der Waals surface area contributed by atoms with E-state index in [0.29, 0.717) is 30.1 Å². The number of hydrogen-bond donors (Lipinski definition) is 1. The van der Waals surface area contributed by atoms with E-state index in [1.54, 1.807) is 60.8 Å². The number of anilines is 1. The van der Waals surface area contributed by atoms with Crippen LogP contribution in [0.5, 0.6) is 11.6 Å². The molecule has 1 aliphatic rings. The van der Waals surface area contributed by atoms with E-state index in [2.05, 4.69) is 10.3 Å². The molecule has 1 N–H and O–H groups in total. The summed E-state index contributed by atoms with van der Waals surface area (Å²) in [5.74, 6) is 0.503. The lowest BCUT2D eigenvalue weighted by Gasteiger charge is -2.25. The normalized spacial score (nSPS) is 14.2. The van der Waals surface area contributed by atoms with Crippen LogP contribution in [0, 0.1) is 18.3 Å². The Kier molecular flexibility index (Phi) is 7.44. The van der Waals surface area contributed by atoms with Crippen LogP contribution in [0.15, 0.2) is 65.7 Å². The van der Waals surface area contributed by atoms with E-state index >= 15 is 0 Å². The summed E-state index contributed by atoms with van der Waals surface area (Å²) in [6.45, 7) is 2.94. The third-order valence-electron chi connectivity index (χ3n) is 5.82. The maximum atomic E-state index is 12.8. The zero-order valence-electron chi connectivity index (χ0n) is 19.4. The molecule has 0 saturated carbocycles. The van der Waals surface area contributed by atoms with Crippen LogP contribution in [0.2, 0.25) is 0 Å². The first-order valence-corrected chi connectivity index (χ1v) is 12.8. The number of pyridine rings is 1. The number of sulfonamides is 1.